The van der Waals surface area contributed by atoms with Crippen molar-refractivity contribution in [3.63, 3.8) is 0 Å². The highest BCUT2D eigenvalue weighted by Crippen LogP contribution is 1.99. The second kappa shape index (κ2) is 5.14. The Labute approximate surface area is 88.5 Å². The quantitative estimate of drug-likeness (QED) is 0.701. The van der Waals surface area contributed by atoms with Gasteiger partial charge in [-0.05, 0) is 12.5 Å². The van der Waals surface area contributed by atoms with Gasteiger partial charge < -0.3 is 11.1 Å². The average Bonchev–Trinajstić information content (AvgIpc) is 2.26. The molecule has 4 heteroatoms. The van der Waals surface area contributed by atoms with Gasteiger partial charge in [-0.3, -0.25) is 9.59 Å². The largest absolute Gasteiger partial charge is 0.369 e. The van der Waals surface area contributed by atoms with Crippen molar-refractivity contribution in [2.75, 3.05) is 0 Å². The van der Waals surface area contributed by atoms with Crippen LogP contribution in [0.1, 0.15) is 12.5 Å². The predicted octanol–water partition coefficient (Wildman–Crippen LogP) is 0.424. The number of carbonyl (C=O) groups is 2. The van der Waals surface area contributed by atoms with Crippen molar-refractivity contribution in [1.82, 2.24) is 5.32 Å². The first-order valence-corrected chi connectivity index (χ1v) is 4.72. The summed E-state index contributed by atoms with van der Waals surface area (Å²) in [6.45, 7) is 1.90. The van der Waals surface area contributed by atoms with Crippen molar-refractivity contribution in [3.8, 4) is 0 Å². The summed E-state index contributed by atoms with van der Waals surface area (Å²) in [4.78, 5) is 22.1. The summed E-state index contributed by atoms with van der Waals surface area (Å²) in [6, 6.07) is 9.47. The Morgan fingerprint density at radius 2 is 1.93 bits per heavy atom. The van der Waals surface area contributed by atoms with Crippen molar-refractivity contribution in [3.05, 3.63) is 35.9 Å². The van der Waals surface area contributed by atoms with E-state index in [-0.39, 0.29) is 5.91 Å². The molecule has 15 heavy (non-hydrogen) atoms. The van der Waals surface area contributed by atoms with Crippen LogP contribution in [-0.2, 0) is 16.1 Å². The van der Waals surface area contributed by atoms with E-state index in [1.807, 2.05) is 30.3 Å². The minimum Gasteiger partial charge on any atom is -0.369 e. The molecule has 0 aliphatic carbocycles. The summed E-state index contributed by atoms with van der Waals surface area (Å²) in [5.74, 6) is -1.74. The highest BCUT2D eigenvalue weighted by atomic mass is 16.2. The molecule has 0 aliphatic heterocycles. The van der Waals surface area contributed by atoms with E-state index >= 15 is 0 Å². The second-order valence-electron chi connectivity index (χ2n) is 3.33. The number of rotatable bonds is 4. The van der Waals surface area contributed by atoms with Crippen LogP contribution in [0.4, 0.5) is 0 Å². The van der Waals surface area contributed by atoms with Crippen molar-refractivity contribution in [1.29, 1.82) is 0 Å². The standard InChI is InChI=1S/C11H14N2O2/c1-8(10(12)14)11(15)13-7-9-5-3-2-4-6-9/h2-6,8H,7H2,1H3,(H2,12,14)(H,13,15). The Hall–Kier alpha value is -1.84. The van der Waals surface area contributed by atoms with Gasteiger partial charge in [-0.1, -0.05) is 30.3 Å². The molecule has 0 heterocycles. The van der Waals surface area contributed by atoms with Crippen LogP contribution in [0.3, 0.4) is 0 Å². The van der Waals surface area contributed by atoms with Gasteiger partial charge in [0.25, 0.3) is 0 Å². The Morgan fingerprint density at radius 3 is 2.47 bits per heavy atom. The number of amides is 2. The number of benzene rings is 1. The SMILES string of the molecule is CC(C(N)=O)C(=O)NCc1ccccc1. The van der Waals surface area contributed by atoms with Crippen molar-refractivity contribution in [2.45, 2.75) is 13.5 Å². The molecular weight excluding hydrogens is 192 g/mol. The summed E-state index contributed by atoms with van der Waals surface area (Å²) in [6.07, 6.45) is 0. The summed E-state index contributed by atoms with van der Waals surface area (Å²) in [5.41, 5.74) is 5.99. The Bertz CT molecular complexity index is 349. The molecule has 1 rings (SSSR count). The van der Waals surface area contributed by atoms with E-state index in [9.17, 15) is 9.59 Å². The Balaban J connectivity index is 2.44. The van der Waals surface area contributed by atoms with Crippen LogP contribution in [0.25, 0.3) is 0 Å². The van der Waals surface area contributed by atoms with E-state index in [0.29, 0.717) is 6.54 Å². The molecule has 0 fully saturated rings. The highest BCUT2D eigenvalue weighted by Gasteiger charge is 2.17. The Morgan fingerprint density at radius 1 is 1.33 bits per heavy atom. The molecule has 0 saturated heterocycles. The van der Waals surface area contributed by atoms with E-state index in [1.165, 1.54) is 6.92 Å². The molecule has 0 aliphatic rings. The molecule has 0 radical (unpaired) electrons. The van der Waals surface area contributed by atoms with Gasteiger partial charge in [-0.15, -0.1) is 0 Å². The number of carbonyl (C=O) groups excluding carboxylic acids is 2. The van der Waals surface area contributed by atoms with Crippen LogP contribution in [0.5, 0.6) is 0 Å². The van der Waals surface area contributed by atoms with E-state index < -0.39 is 11.8 Å². The van der Waals surface area contributed by atoms with Crippen LogP contribution in [0.2, 0.25) is 0 Å². The molecule has 1 aromatic carbocycles. The van der Waals surface area contributed by atoms with Gasteiger partial charge in [0, 0.05) is 6.54 Å². The maximum Gasteiger partial charge on any atom is 0.232 e. The van der Waals surface area contributed by atoms with E-state index in [2.05, 4.69) is 5.32 Å². The summed E-state index contributed by atoms with van der Waals surface area (Å²) < 4.78 is 0. The maximum atomic E-state index is 11.3. The van der Waals surface area contributed by atoms with Crippen molar-refractivity contribution < 1.29 is 9.59 Å². The zero-order chi connectivity index (χ0) is 11.3. The normalized spacial score (nSPS) is 11.8. The van der Waals surface area contributed by atoms with Crippen molar-refractivity contribution >= 4 is 11.8 Å². The van der Waals surface area contributed by atoms with Gasteiger partial charge in [0.1, 0.15) is 5.92 Å². The molecule has 1 aromatic rings. The van der Waals surface area contributed by atoms with Gasteiger partial charge in [0.15, 0.2) is 0 Å². The fourth-order valence-corrected chi connectivity index (χ4v) is 1.07. The number of nitrogens with one attached hydrogen (secondary N) is 1. The maximum absolute atomic E-state index is 11.3. The third kappa shape index (κ3) is 3.42. The van der Waals surface area contributed by atoms with Gasteiger partial charge in [-0.2, -0.15) is 0 Å². The van der Waals surface area contributed by atoms with Crippen LogP contribution in [0.15, 0.2) is 30.3 Å². The fourth-order valence-electron chi connectivity index (χ4n) is 1.07. The molecule has 1 atom stereocenters. The monoisotopic (exact) mass is 206 g/mol. The molecule has 0 spiro atoms. The molecule has 0 aromatic heterocycles. The summed E-state index contributed by atoms with van der Waals surface area (Å²) >= 11 is 0. The molecule has 0 saturated carbocycles. The van der Waals surface area contributed by atoms with Gasteiger partial charge in [-0.25, -0.2) is 0 Å². The lowest BCUT2D eigenvalue weighted by Gasteiger charge is -2.08. The van der Waals surface area contributed by atoms with Crippen LogP contribution < -0.4 is 11.1 Å². The zero-order valence-corrected chi connectivity index (χ0v) is 8.57. The first-order valence-electron chi connectivity index (χ1n) is 4.72. The molecule has 3 N–H and O–H groups in total. The number of primary amides is 1. The molecular formula is C11H14N2O2. The first-order chi connectivity index (χ1) is 7.11. The summed E-state index contributed by atoms with van der Waals surface area (Å²) in [5, 5.41) is 2.64. The number of hydrogen-bond acceptors (Lipinski definition) is 2. The summed E-state index contributed by atoms with van der Waals surface area (Å²) in [7, 11) is 0. The van der Waals surface area contributed by atoms with Crippen LogP contribution in [0, 0.1) is 5.92 Å². The third-order valence-corrected chi connectivity index (χ3v) is 2.13. The fraction of sp³-hybridized carbons (Fsp3) is 0.273. The van der Waals surface area contributed by atoms with Gasteiger partial charge in [0.05, 0.1) is 0 Å². The van der Waals surface area contributed by atoms with E-state index in [4.69, 9.17) is 5.73 Å². The average molecular weight is 206 g/mol. The minimum atomic E-state index is -0.784. The second-order valence-corrected chi connectivity index (χ2v) is 3.33. The number of nitrogens with two attached hydrogens (primary N) is 1. The zero-order valence-electron chi connectivity index (χ0n) is 8.57. The lowest BCUT2D eigenvalue weighted by molar-refractivity contribution is -0.132. The molecule has 0 bridgehead atoms. The Kier molecular flexibility index (Phi) is 3.85. The van der Waals surface area contributed by atoms with E-state index in [1.54, 1.807) is 0 Å². The first kappa shape index (κ1) is 11.2. The lowest BCUT2D eigenvalue weighted by atomic mass is 10.1. The smallest absolute Gasteiger partial charge is 0.232 e. The van der Waals surface area contributed by atoms with Gasteiger partial charge in [0.2, 0.25) is 11.8 Å². The highest BCUT2D eigenvalue weighted by molar-refractivity contribution is 5.99. The molecule has 4 nitrogen and oxygen atoms in total. The van der Waals surface area contributed by atoms with Crippen molar-refractivity contribution in [2.24, 2.45) is 11.7 Å². The molecule has 1 unspecified atom stereocenters. The van der Waals surface area contributed by atoms with E-state index in [0.717, 1.165) is 5.56 Å². The van der Waals surface area contributed by atoms with Crippen LogP contribution in [-0.4, -0.2) is 11.8 Å². The molecule has 2 amide bonds. The predicted molar refractivity (Wildman–Crippen MR) is 56.6 cm³/mol. The third-order valence-electron chi connectivity index (χ3n) is 2.13. The molecule has 80 valence electrons. The minimum absolute atomic E-state index is 0.341. The van der Waals surface area contributed by atoms with Gasteiger partial charge >= 0.3 is 0 Å². The lowest BCUT2D eigenvalue weighted by Crippen LogP contribution is -2.36. The number of hydrogen-bond donors (Lipinski definition) is 2. The van der Waals surface area contributed by atoms with Crippen LogP contribution >= 0.6 is 0 Å². The topological polar surface area (TPSA) is 72.2 Å².